The minimum Gasteiger partial charge on any atom is -0.294 e. The lowest BCUT2D eigenvalue weighted by molar-refractivity contribution is 0.0988. The van der Waals surface area contributed by atoms with Crippen LogP contribution in [0.15, 0.2) is 35.4 Å². The van der Waals surface area contributed by atoms with Gasteiger partial charge in [0.05, 0.1) is 16.3 Å². The molecule has 0 aliphatic carbocycles. The van der Waals surface area contributed by atoms with E-state index in [1.165, 1.54) is 16.8 Å². The molecule has 0 bridgehead atoms. The number of anilines is 1. The summed E-state index contributed by atoms with van der Waals surface area (Å²) in [7, 11) is -2.03. The zero-order valence-corrected chi connectivity index (χ0v) is 12.9. The molecule has 1 heterocycles. The van der Waals surface area contributed by atoms with Crippen molar-refractivity contribution in [3.8, 4) is 0 Å². The quantitative estimate of drug-likeness (QED) is 0.858. The fourth-order valence-electron chi connectivity index (χ4n) is 1.94. The molecular formula is C14H17N3O3S. The number of sulfonamides is 1. The topological polar surface area (TPSA) is 81.1 Å². The summed E-state index contributed by atoms with van der Waals surface area (Å²) < 4.78 is 28.8. The van der Waals surface area contributed by atoms with Crippen LogP contribution >= 0.6 is 0 Å². The predicted molar refractivity (Wildman–Crippen MR) is 79.8 cm³/mol. The maximum atomic E-state index is 12.4. The zero-order chi connectivity index (χ0) is 15.6. The van der Waals surface area contributed by atoms with Gasteiger partial charge in [0.1, 0.15) is 0 Å². The highest BCUT2D eigenvalue weighted by atomic mass is 32.2. The second-order valence-corrected chi connectivity index (χ2v) is 6.39. The van der Waals surface area contributed by atoms with Crippen molar-refractivity contribution >= 4 is 21.5 Å². The molecule has 6 nitrogen and oxygen atoms in total. The molecular weight excluding hydrogens is 290 g/mol. The van der Waals surface area contributed by atoms with Gasteiger partial charge in [-0.2, -0.15) is 5.10 Å². The van der Waals surface area contributed by atoms with Crippen LogP contribution in [0, 0.1) is 6.92 Å². The van der Waals surface area contributed by atoms with Gasteiger partial charge < -0.3 is 0 Å². The highest BCUT2D eigenvalue weighted by Crippen LogP contribution is 2.19. The average molecular weight is 307 g/mol. The number of carbonyl (C=O) groups excluding carboxylic acids is 1. The summed E-state index contributed by atoms with van der Waals surface area (Å²) in [5.74, 6) is -0.0930. The lowest BCUT2D eigenvalue weighted by atomic mass is 10.1. The lowest BCUT2D eigenvalue weighted by Gasteiger charge is -2.08. The number of carbonyl (C=O) groups is 1. The van der Waals surface area contributed by atoms with Gasteiger partial charge in [-0.3, -0.25) is 14.2 Å². The smallest absolute Gasteiger partial charge is 0.262 e. The van der Waals surface area contributed by atoms with Gasteiger partial charge >= 0.3 is 0 Å². The van der Waals surface area contributed by atoms with Crippen LogP contribution in [-0.4, -0.2) is 24.0 Å². The normalized spacial score (nSPS) is 11.4. The first kappa shape index (κ1) is 15.2. The van der Waals surface area contributed by atoms with Gasteiger partial charge in [-0.25, -0.2) is 8.42 Å². The third kappa shape index (κ3) is 3.30. The van der Waals surface area contributed by atoms with Crippen LogP contribution in [0.2, 0.25) is 0 Å². The molecule has 0 aliphatic heterocycles. The number of hydrogen-bond acceptors (Lipinski definition) is 4. The monoisotopic (exact) mass is 307 g/mol. The highest BCUT2D eigenvalue weighted by molar-refractivity contribution is 7.92. The Morgan fingerprint density at radius 3 is 2.67 bits per heavy atom. The van der Waals surface area contributed by atoms with Gasteiger partial charge in [0.25, 0.3) is 10.0 Å². The summed E-state index contributed by atoms with van der Waals surface area (Å²) in [6.07, 6.45) is 1.92. The third-order valence-corrected chi connectivity index (χ3v) is 4.41. The van der Waals surface area contributed by atoms with Gasteiger partial charge in [0.15, 0.2) is 5.78 Å². The number of hydrogen-bond donors (Lipinski definition) is 1. The molecule has 1 N–H and O–H groups in total. The number of ketones is 1. The summed E-state index contributed by atoms with van der Waals surface area (Å²) >= 11 is 0. The van der Waals surface area contributed by atoms with Crippen LogP contribution in [0.25, 0.3) is 0 Å². The van der Waals surface area contributed by atoms with E-state index in [2.05, 4.69) is 9.82 Å². The van der Waals surface area contributed by atoms with Crippen LogP contribution in [0.3, 0.4) is 0 Å². The van der Waals surface area contributed by atoms with E-state index >= 15 is 0 Å². The summed E-state index contributed by atoms with van der Waals surface area (Å²) in [6, 6.07) is 6.02. The van der Waals surface area contributed by atoms with Crippen molar-refractivity contribution in [2.24, 2.45) is 7.05 Å². The van der Waals surface area contributed by atoms with Gasteiger partial charge in [-0.15, -0.1) is 0 Å². The number of benzene rings is 1. The minimum atomic E-state index is -3.74. The molecule has 1 aromatic carbocycles. The summed E-state index contributed by atoms with van der Waals surface area (Å²) in [5, 5.41) is 4.08. The van der Waals surface area contributed by atoms with Crippen molar-refractivity contribution in [1.82, 2.24) is 9.78 Å². The molecule has 21 heavy (non-hydrogen) atoms. The molecule has 0 radical (unpaired) electrons. The largest absolute Gasteiger partial charge is 0.294 e. The SMILES string of the molecule is CCC(=O)c1cccc(S(=O)(=O)Nc2cn(C)nc2C)c1. The first-order valence-corrected chi connectivity index (χ1v) is 7.98. The van der Waals surface area contributed by atoms with E-state index in [1.807, 2.05) is 0 Å². The van der Waals surface area contributed by atoms with Crippen molar-refractivity contribution < 1.29 is 13.2 Å². The number of nitrogens with one attached hydrogen (secondary N) is 1. The minimum absolute atomic E-state index is 0.0602. The first-order chi connectivity index (χ1) is 9.83. The first-order valence-electron chi connectivity index (χ1n) is 6.50. The molecule has 2 rings (SSSR count). The fraction of sp³-hybridized carbons (Fsp3) is 0.286. The molecule has 0 atom stereocenters. The maximum Gasteiger partial charge on any atom is 0.262 e. The van der Waals surface area contributed by atoms with E-state index in [1.54, 1.807) is 39.2 Å². The van der Waals surface area contributed by atoms with Gasteiger partial charge in [-0.1, -0.05) is 19.1 Å². The molecule has 0 saturated heterocycles. The number of aryl methyl sites for hydroxylation is 2. The van der Waals surface area contributed by atoms with Crippen LogP contribution < -0.4 is 4.72 Å². The van der Waals surface area contributed by atoms with Crippen LogP contribution in [0.5, 0.6) is 0 Å². The van der Waals surface area contributed by atoms with Crippen LogP contribution in [0.4, 0.5) is 5.69 Å². The second kappa shape index (κ2) is 5.69. The number of aromatic nitrogens is 2. The van der Waals surface area contributed by atoms with Gasteiger partial charge in [-0.05, 0) is 19.1 Å². The Morgan fingerprint density at radius 2 is 2.10 bits per heavy atom. The summed E-state index contributed by atoms with van der Waals surface area (Å²) in [6.45, 7) is 3.45. The predicted octanol–water partition coefficient (Wildman–Crippen LogP) is 2.12. The van der Waals surface area contributed by atoms with Gasteiger partial charge in [0.2, 0.25) is 0 Å². The van der Waals surface area contributed by atoms with Crippen molar-refractivity contribution in [2.75, 3.05) is 4.72 Å². The average Bonchev–Trinajstić information content (AvgIpc) is 2.75. The Kier molecular flexibility index (Phi) is 4.13. The Balaban J connectivity index is 2.36. The molecule has 112 valence electrons. The molecule has 0 aliphatic rings. The van der Waals surface area contributed by atoms with Crippen molar-refractivity contribution in [2.45, 2.75) is 25.2 Å². The Morgan fingerprint density at radius 1 is 1.38 bits per heavy atom. The fourth-order valence-corrected chi connectivity index (χ4v) is 3.09. The molecule has 0 spiro atoms. The van der Waals surface area contributed by atoms with E-state index in [0.717, 1.165) is 0 Å². The molecule has 0 unspecified atom stereocenters. The van der Waals surface area contributed by atoms with Crippen LogP contribution in [-0.2, 0) is 17.1 Å². The summed E-state index contributed by atoms with van der Waals surface area (Å²) in [4.78, 5) is 11.7. The van der Waals surface area contributed by atoms with Crippen molar-refractivity contribution in [3.05, 3.63) is 41.7 Å². The van der Waals surface area contributed by atoms with Crippen molar-refractivity contribution in [3.63, 3.8) is 0 Å². The van der Waals surface area contributed by atoms with Crippen LogP contribution in [0.1, 0.15) is 29.4 Å². The summed E-state index contributed by atoms with van der Waals surface area (Å²) in [5.41, 5.74) is 1.40. The molecule has 0 amide bonds. The van der Waals surface area contributed by atoms with Crippen molar-refractivity contribution in [1.29, 1.82) is 0 Å². The highest BCUT2D eigenvalue weighted by Gasteiger charge is 2.18. The lowest BCUT2D eigenvalue weighted by Crippen LogP contribution is -2.14. The maximum absolute atomic E-state index is 12.4. The number of Topliss-reactive ketones (excluding diaryl/α,β-unsaturated/α-hetero) is 1. The standard InChI is InChI=1S/C14H17N3O3S/c1-4-14(18)11-6-5-7-12(8-11)21(19,20)16-13-9-17(3)15-10(13)2/h5-9,16H,4H2,1-3H3. The van der Waals surface area contributed by atoms with E-state index < -0.39 is 10.0 Å². The second-order valence-electron chi connectivity index (χ2n) is 4.71. The Hall–Kier alpha value is -2.15. The zero-order valence-electron chi connectivity index (χ0n) is 12.1. The molecule has 1 aromatic heterocycles. The molecule has 2 aromatic rings. The van der Waals surface area contributed by atoms with Gasteiger partial charge in [0, 0.05) is 25.2 Å². The Labute approximate surface area is 123 Å². The van der Waals surface area contributed by atoms with E-state index in [9.17, 15) is 13.2 Å². The molecule has 0 fully saturated rings. The number of rotatable bonds is 5. The number of nitrogens with zero attached hydrogens (tertiary/aromatic N) is 2. The molecule has 0 saturated carbocycles. The third-order valence-electron chi connectivity index (χ3n) is 3.05. The molecule has 7 heteroatoms. The van der Waals surface area contributed by atoms with E-state index in [-0.39, 0.29) is 10.7 Å². The van der Waals surface area contributed by atoms with E-state index in [0.29, 0.717) is 23.4 Å². The Bertz CT molecular complexity index is 779. The van der Waals surface area contributed by atoms with E-state index in [4.69, 9.17) is 0 Å².